The van der Waals surface area contributed by atoms with Crippen molar-refractivity contribution >= 4 is 59.4 Å². The molecule has 6 rings (SSSR count). The van der Waals surface area contributed by atoms with Crippen LogP contribution in [-0.2, 0) is 0 Å². The quantitative estimate of drug-likeness (QED) is 0.259. The highest BCUT2D eigenvalue weighted by Crippen LogP contribution is 2.41. The summed E-state index contributed by atoms with van der Waals surface area (Å²) in [4.78, 5) is 0. The standard InChI is InChI=1S/C26H15BrO/c27-18-12-9-17(10-13-18)23-15-24-22-14-11-16-5-1-2-6-19(16)25(22)28-26(24)21-8-4-3-7-20(21)23/h1-15H. The summed E-state index contributed by atoms with van der Waals surface area (Å²) in [7, 11) is 0. The van der Waals surface area contributed by atoms with Crippen LogP contribution in [0.2, 0.25) is 0 Å². The number of benzene rings is 5. The minimum absolute atomic E-state index is 0.961. The second-order valence-corrected chi connectivity index (χ2v) is 8.03. The third-order valence-electron chi connectivity index (χ3n) is 5.52. The number of hydrogen-bond donors (Lipinski definition) is 0. The largest absolute Gasteiger partial charge is 0.455 e. The Bertz CT molecular complexity index is 1510. The molecule has 0 atom stereocenters. The van der Waals surface area contributed by atoms with Crippen LogP contribution in [-0.4, -0.2) is 0 Å². The first kappa shape index (κ1) is 15.9. The average molecular weight is 423 g/mol. The Labute approximate surface area is 170 Å². The lowest BCUT2D eigenvalue weighted by molar-refractivity contribution is 0.676. The van der Waals surface area contributed by atoms with Crippen LogP contribution in [0, 0.1) is 0 Å². The van der Waals surface area contributed by atoms with Crippen molar-refractivity contribution in [1.82, 2.24) is 0 Å². The fraction of sp³-hybridized carbons (Fsp3) is 0. The number of hydrogen-bond acceptors (Lipinski definition) is 1. The SMILES string of the molecule is Brc1ccc(-c2cc3c4ccc5ccccc5c4oc3c3ccccc23)cc1. The average Bonchev–Trinajstić information content (AvgIpc) is 3.13. The van der Waals surface area contributed by atoms with Gasteiger partial charge >= 0.3 is 0 Å². The van der Waals surface area contributed by atoms with Gasteiger partial charge in [-0.15, -0.1) is 0 Å². The molecule has 0 amide bonds. The molecule has 0 saturated carbocycles. The number of rotatable bonds is 1. The summed E-state index contributed by atoms with van der Waals surface area (Å²) in [6.45, 7) is 0. The van der Waals surface area contributed by atoms with E-state index in [9.17, 15) is 0 Å². The van der Waals surface area contributed by atoms with Gasteiger partial charge in [0.1, 0.15) is 11.2 Å². The Morgan fingerprint density at radius 2 is 1.18 bits per heavy atom. The van der Waals surface area contributed by atoms with Crippen LogP contribution < -0.4 is 0 Å². The second-order valence-electron chi connectivity index (χ2n) is 7.12. The molecule has 2 heteroatoms. The van der Waals surface area contributed by atoms with Gasteiger partial charge in [-0.25, -0.2) is 0 Å². The van der Waals surface area contributed by atoms with Gasteiger partial charge in [0, 0.05) is 26.0 Å². The molecule has 0 radical (unpaired) electrons. The van der Waals surface area contributed by atoms with Crippen LogP contribution in [0.4, 0.5) is 0 Å². The van der Waals surface area contributed by atoms with Gasteiger partial charge in [0.15, 0.2) is 0 Å². The summed E-state index contributed by atoms with van der Waals surface area (Å²) >= 11 is 3.54. The van der Waals surface area contributed by atoms with E-state index in [4.69, 9.17) is 4.42 Å². The summed E-state index contributed by atoms with van der Waals surface area (Å²) < 4.78 is 7.57. The second kappa shape index (κ2) is 5.95. The predicted molar refractivity (Wildman–Crippen MR) is 122 cm³/mol. The van der Waals surface area contributed by atoms with Crippen molar-refractivity contribution in [2.24, 2.45) is 0 Å². The van der Waals surface area contributed by atoms with Crippen molar-refractivity contribution in [2.45, 2.75) is 0 Å². The smallest absolute Gasteiger partial charge is 0.143 e. The minimum Gasteiger partial charge on any atom is -0.455 e. The van der Waals surface area contributed by atoms with Crippen LogP contribution in [0.25, 0.3) is 54.6 Å². The van der Waals surface area contributed by atoms with Crippen molar-refractivity contribution in [3.05, 3.63) is 95.5 Å². The highest BCUT2D eigenvalue weighted by atomic mass is 79.9. The van der Waals surface area contributed by atoms with E-state index in [0.717, 1.165) is 37.2 Å². The number of halogens is 1. The van der Waals surface area contributed by atoms with E-state index >= 15 is 0 Å². The first-order valence-electron chi connectivity index (χ1n) is 9.31. The fourth-order valence-electron chi connectivity index (χ4n) is 4.19. The Kier molecular flexibility index (Phi) is 3.38. The summed E-state index contributed by atoms with van der Waals surface area (Å²) in [6, 6.07) is 32.1. The van der Waals surface area contributed by atoms with Crippen LogP contribution in [0.5, 0.6) is 0 Å². The molecular weight excluding hydrogens is 408 g/mol. The maximum absolute atomic E-state index is 6.48. The molecule has 132 valence electrons. The van der Waals surface area contributed by atoms with Crippen LogP contribution in [0.1, 0.15) is 0 Å². The zero-order valence-corrected chi connectivity index (χ0v) is 16.5. The number of fused-ring (bicyclic) bond motifs is 7. The summed E-state index contributed by atoms with van der Waals surface area (Å²) in [5.41, 5.74) is 4.36. The Balaban J connectivity index is 1.81. The Morgan fingerprint density at radius 3 is 2.00 bits per heavy atom. The van der Waals surface area contributed by atoms with E-state index < -0.39 is 0 Å². The zero-order chi connectivity index (χ0) is 18.7. The molecule has 5 aromatic carbocycles. The van der Waals surface area contributed by atoms with Gasteiger partial charge in [-0.1, -0.05) is 82.7 Å². The Hall–Kier alpha value is -3.10. The third kappa shape index (κ3) is 2.25. The van der Waals surface area contributed by atoms with E-state index in [1.165, 1.54) is 21.9 Å². The van der Waals surface area contributed by atoms with Gasteiger partial charge in [-0.05, 0) is 46.2 Å². The van der Waals surface area contributed by atoms with Crippen molar-refractivity contribution in [1.29, 1.82) is 0 Å². The monoisotopic (exact) mass is 422 g/mol. The topological polar surface area (TPSA) is 13.1 Å². The maximum Gasteiger partial charge on any atom is 0.143 e. The number of furan rings is 1. The molecule has 0 bridgehead atoms. The molecule has 1 heterocycles. The normalized spacial score (nSPS) is 11.8. The van der Waals surface area contributed by atoms with Gasteiger partial charge in [-0.2, -0.15) is 0 Å². The maximum atomic E-state index is 6.48. The van der Waals surface area contributed by atoms with E-state index in [1.807, 2.05) is 0 Å². The van der Waals surface area contributed by atoms with Gasteiger partial charge in [0.05, 0.1) is 0 Å². The highest BCUT2D eigenvalue weighted by Gasteiger charge is 2.16. The van der Waals surface area contributed by atoms with Gasteiger partial charge in [0.25, 0.3) is 0 Å². The highest BCUT2D eigenvalue weighted by molar-refractivity contribution is 9.10. The molecule has 0 aliphatic rings. The summed E-state index contributed by atoms with van der Waals surface area (Å²) in [6.07, 6.45) is 0. The van der Waals surface area contributed by atoms with Crippen LogP contribution in [0.3, 0.4) is 0 Å². The van der Waals surface area contributed by atoms with Crippen LogP contribution >= 0.6 is 15.9 Å². The molecule has 28 heavy (non-hydrogen) atoms. The molecule has 0 unspecified atom stereocenters. The molecule has 1 aromatic heterocycles. The molecule has 0 fully saturated rings. The predicted octanol–water partition coefficient (Wildman–Crippen LogP) is 8.32. The Morgan fingerprint density at radius 1 is 0.536 bits per heavy atom. The van der Waals surface area contributed by atoms with Crippen molar-refractivity contribution < 1.29 is 4.42 Å². The van der Waals surface area contributed by atoms with Gasteiger partial charge in [0.2, 0.25) is 0 Å². The third-order valence-corrected chi connectivity index (χ3v) is 6.05. The van der Waals surface area contributed by atoms with Crippen molar-refractivity contribution in [2.75, 3.05) is 0 Å². The van der Waals surface area contributed by atoms with E-state index in [1.54, 1.807) is 0 Å². The molecule has 6 aromatic rings. The molecule has 0 N–H and O–H groups in total. The fourth-order valence-corrected chi connectivity index (χ4v) is 4.46. The van der Waals surface area contributed by atoms with Gasteiger partial charge < -0.3 is 4.42 Å². The first-order chi connectivity index (χ1) is 13.8. The molecule has 0 aliphatic heterocycles. The lowest BCUT2D eigenvalue weighted by Crippen LogP contribution is -1.82. The first-order valence-corrected chi connectivity index (χ1v) is 10.1. The van der Waals surface area contributed by atoms with Crippen molar-refractivity contribution in [3.8, 4) is 11.1 Å². The summed E-state index contributed by atoms with van der Waals surface area (Å²) in [5.74, 6) is 0. The van der Waals surface area contributed by atoms with Gasteiger partial charge in [-0.3, -0.25) is 0 Å². The van der Waals surface area contributed by atoms with Crippen molar-refractivity contribution in [3.63, 3.8) is 0 Å². The molecule has 1 nitrogen and oxygen atoms in total. The molecule has 0 aliphatic carbocycles. The molecule has 0 spiro atoms. The van der Waals surface area contributed by atoms with E-state index in [-0.39, 0.29) is 0 Å². The van der Waals surface area contributed by atoms with E-state index in [0.29, 0.717) is 0 Å². The van der Waals surface area contributed by atoms with E-state index in [2.05, 4.69) is 107 Å². The molecule has 0 saturated heterocycles. The summed E-state index contributed by atoms with van der Waals surface area (Å²) in [5, 5.41) is 7.05. The minimum atomic E-state index is 0.961. The molecular formula is C26H15BrO. The zero-order valence-electron chi connectivity index (χ0n) is 14.9. The van der Waals surface area contributed by atoms with Crippen LogP contribution in [0.15, 0.2) is 99.9 Å². The lowest BCUT2D eigenvalue weighted by atomic mass is 9.95. The lowest BCUT2D eigenvalue weighted by Gasteiger charge is -2.08.